The number of unbranched alkanes of at least 4 members (excludes halogenated alkanes) is 2. The van der Waals surface area contributed by atoms with Gasteiger partial charge in [-0.1, -0.05) is 36.6 Å². The van der Waals surface area contributed by atoms with Gasteiger partial charge in [-0.2, -0.15) is 0 Å². The molecule has 1 atom stereocenters. The van der Waals surface area contributed by atoms with Crippen LogP contribution in [0, 0.1) is 10.1 Å². The number of hydrogen-bond acceptors (Lipinski definition) is 5. The molecule has 0 radical (unpaired) electrons. The molecule has 0 fully saturated rings. The Balaban J connectivity index is 1.95. The lowest BCUT2D eigenvalue weighted by atomic mass is 10.1. The number of carboxylic acid groups (broad SMARTS) is 1. The van der Waals surface area contributed by atoms with Crippen molar-refractivity contribution in [2.24, 2.45) is 0 Å². The Morgan fingerprint density at radius 2 is 1.64 bits per heavy atom. The molecule has 2 aromatic carbocycles. The Morgan fingerprint density at radius 1 is 1.04 bits per heavy atom. The second-order valence-electron chi connectivity index (χ2n) is 6.35. The standard InChI is InChI=1S/C19H20ClNO6S/c20-15-8-6-14(7-9-15)4-2-1-3-5-18(19(22)23)28(26,27)17-12-10-16(11-13-17)21(24)25/h6-13,18H,1-5H2,(H,22,23). The third kappa shape index (κ3) is 5.77. The van der Waals surface area contributed by atoms with E-state index < -0.39 is 26.0 Å². The van der Waals surface area contributed by atoms with Crippen LogP contribution in [-0.2, 0) is 21.1 Å². The molecule has 1 N–H and O–H groups in total. The average Bonchev–Trinajstić information content (AvgIpc) is 2.65. The van der Waals surface area contributed by atoms with Crippen molar-refractivity contribution in [1.82, 2.24) is 0 Å². The molecule has 0 heterocycles. The monoisotopic (exact) mass is 425 g/mol. The number of nitrogens with zero attached hydrogens (tertiary/aromatic N) is 1. The highest BCUT2D eigenvalue weighted by Gasteiger charge is 2.33. The molecule has 0 aliphatic rings. The summed E-state index contributed by atoms with van der Waals surface area (Å²) in [6, 6.07) is 11.7. The molecule has 2 rings (SSSR count). The highest BCUT2D eigenvalue weighted by molar-refractivity contribution is 7.92. The van der Waals surface area contributed by atoms with Crippen molar-refractivity contribution in [3.63, 3.8) is 0 Å². The van der Waals surface area contributed by atoms with E-state index in [1.165, 1.54) is 0 Å². The van der Waals surface area contributed by atoms with Crippen LogP contribution in [0.4, 0.5) is 5.69 Å². The van der Waals surface area contributed by atoms with Crippen LogP contribution in [0.3, 0.4) is 0 Å². The van der Waals surface area contributed by atoms with E-state index >= 15 is 0 Å². The topological polar surface area (TPSA) is 115 Å². The Morgan fingerprint density at radius 3 is 2.18 bits per heavy atom. The molecule has 0 aliphatic heterocycles. The number of nitro groups is 1. The number of non-ortho nitro benzene ring substituents is 1. The van der Waals surface area contributed by atoms with Crippen molar-refractivity contribution in [3.8, 4) is 0 Å². The summed E-state index contributed by atoms with van der Waals surface area (Å²) >= 11 is 5.83. The van der Waals surface area contributed by atoms with E-state index in [9.17, 15) is 28.4 Å². The van der Waals surface area contributed by atoms with E-state index in [-0.39, 0.29) is 17.0 Å². The first kappa shape index (κ1) is 21.8. The third-order valence-electron chi connectivity index (χ3n) is 4.37. The molecule has 0 bridgehead atoms. The first-order valence-corrected chi connectivity index (χ1v) is 10.6. The molecule has 2 aromatic rings. The zero-order valence-electron chi connectivity index (χ0n) is 15.0. The molecule has 28 heavy (non-hydrogen) atoms. The number of carbonyl (C=O) groups is 1. The number of hydrogen-bond donors (Lipinski definition) is 1. The summed E-state index contributed by atoms with van der Waals surface area (Å²) in [4.78, 5) is 21.3. The lowest BCUT2D eigenvalue weighted by Gasteiger charge is -2.13. The van der Waals surface area contributed by atoms with Gasteiger partial charge in [0.05, 0.1) is 9.82 Å². The smallest absolute Gasteiger partial charge is 0.322 e. The Labute approximate surface area is 168 Å². The van der Waals surface area contributed by atoms with E-state index in [0.29, 0.717) is 17.9 Å². The van der Waals surface area contributed by atoms with Crippen LogP contribution >= 0.6 is 11.6 Å². The quantitative estimate of drug-likeness (QED) is 0.345. The highest BCUT2D eigenvalue weighted by Crippen LogP contribution is 2.23. The van der Waals surface area contributed by atoms with E-state index in [1.54, 1.807) is 12.1 Å². The summed E-state index contributed by atoms with van der Waals surface area (Å²) in [5.74, 6) is -1.42. The lowest BCUT2D eigenvalue weighted by molar-refractivity contribution is -0.384. The zero-order chi connectivity index (χ0) is 20.7. The number of aryl methyl sites for hydroxylation is 1. The van der Waals surface area contributed by atoms with Gasteiger partial charge in [0, 0.05) is 17.2 Å². The second kappa shape index (κ2) is 9.66. The van der Waals surface area contributed by atoms with Crippen LogP contribution < -0.4 is 0 Å². The van der Waals surface area contributed by atoms with Crippen molar-refractivity contribution in [1.29, 1.82) is 0 Å². The summed E-state index contributed by atoms with van der Waals surface area (Å²) in [5.41, 5.74) is 0.853. The first-order valence-electron chi connectivity index (χ1n) is 8.67. The minimum absolute atomic E-state index is 0.0186. The Bertz CT molecular complexity index is 926. The van der Waals surface area contributed by atoms with Gasteiger partial charge in [0.1, 0.15) is 0 Å². The fourth-order valence-electron chi connectivity index (χ4n) is 2.82. The normalized spacial score (nSPS) is 12.5. The van der Waals surface area contributed by atoms with Crippen molar-refractivity contribution >= 4 is 33.1 Å². The van der Waals surface area contributed by atoms with Gasteiger partial charge >= 0.3 is 5.97 Å². The molecule has 150 valence electrons. The number of nitro benzene ring substituents is 1. The predicted molar refractivity (Wildman–Crippen MR) is 105 cm³/mol. The van der Waals surface area contributed by atoms with Crippen LogP contribution in [0.25, 0.3) is 0 Å². The van der Waals surface area contributed by atoms with Gasteiger partial charge in [-0.3, -0.25) is 14.9 Å². The number of halogens is 1. The molecule has 1 unspecified atom stereocenters. The maximum absolute atomic E-state index is 12.6. The molecule has 0 amide bonds. The largest absolute Gasteiger partial charge is 0.480 e. The molecule has 0 saturated heterocycles. The van der Waals surface area contributed by atoms with Gasteiger partial charge in [-0.25, -0.2) is 8.42 Å². The number of sulfone groups is 1. The highest BCUT2D eigenvalue weighted by atomic mass is 35.5. The molecule has 7 nitrogen and oxygen atoms in total. The van der Waals surface area contributed by atoms with E-state index in [0.717, 1.165) is 42.7 Å². The number of aliphatic carboxylic acids is 1. The van der Waals surface area contributed by atoms with Crippen molar-refractivity contribution in [2.45, 2.75) is 42.2 Å². The minimum Gasteiger partial charge on any atom is -0.480 e. The van der Waals surface area contributed by atoms with Gasteiger partial charge in [0.2, 0.25) is 0 Å². The van der Waals surface area contributed by atoms with Crippen LogP contribution in [0.1, 0.15) is 31.2 Å². The van der Waals surface area contributed by atoms with E-state index in [1.807, 2.05) is 12.1 Å². The maximum Gasteiger partial charge on any atom is 0.322 e. The molecule has 0 spiro atoms. The molecule has 0 aliphatic carbocycles. The maximum atomic E-state index is 12.6. The lowest BCUT2D eigenvalue weighted by Crippen LogP contribution is -2.30. The van der Waals surface area contributed by atoms with Crippen molar-refractivity contribution in [2.75, 3.05) is 0 Å². The molecular formula is C19H20ClNO6S. The molecule has 0 saturated carbocycles. The fourth-order valence-corrected chi connectivity index (χ4v) is 4.53. The first-order chi connectivity index (χ1) is 13.2. The van der Waals surface area contributed by atoms with Gasteiger partial charge in [-0.15, -0.1) is 0 Å². The van der Waals surface area contributed by atoms with Gasteiger partial charge in [0.15, 0.2) is 15.1 Å². The Kier molecular flexibility index (Phi) is 7.53. The predicted octanol–water partition coefficient (Wildman–Crippen LogP) is 4.28. The SMILES string of the molecule is O=C(O)C(CCCCCc1ccc(Cl)cc1)S(=O)(=O)c1ccc([N+](=O)[O-])cc1. The van der Waals surface area contributed by atoms with Crippen molar-refractivity contribution < 1.29 is 23.2 Å². The molecule has 9 heteroatoms. The third-order valence-corrected chi connectivity index (χ3v) is 6.74. The van der Waals surface area contributed by atoms with Crippen molar-refractivity contribution in [3.05, 3.63) is 69.2 Å². The van der Waals surface area contributed by atoms with E-state index in [4.69, 9.17) is 11.6 Å². The number of carboxylic acids is 1. The summed E-state index contributed by atoms with van der Waals surface area (Å²) in [7, 11) is -4.12. The number of rotatable bonds is 10. The fraction of sp³-hybridized carbons (Fsp3) is 0.316. The van der Waals surface area contributed by atoms with Crippen LogP contribution in [0.15, 0.2) is 53.4 Å². The van der Waals surface area contributed by atoms with E-state index in [2.05, 4.69) is 0 Å². The van der Waals surface area contributed by atoms with Gasteiger partial charge in [0.25, 0.3) is 5.69 Å². The van der Waals surface area contributed by atoms with Gasteiger partial charge < -0.3 is 5.11 Å². The molecule has 0 aromatic heterocycles. The second-order valence-corrected chi connectivity index (χ2v) is 8.92. The zero-order valence-corrected chi connectivity index (χ0v) is 16.5. The van der Waals surface area contributed by atoms with Crippen LogP contribution in [0.5, 0.6) is 0 Å². The Hall–Kier alpha value is -2.45. The average molecular weight is 426 g/mol. The van der Waals surface area contributed by atoms with Crippen LogP contribution in [-0.4, -0.2) is 29.7 Å². The van der Waals surface area contributed by atoms with Crippen LogP contribution in [0.2, 0.25) is 5.02 Å². The summed E-state index contributed by atoms with van der Waals surface area (Å²) in [6.07, 6.45) is 2.70. The number of benzene rings is 2. The summed E-state index contributed by atoms with van der Waals surface area (Å²) in [5, 5.41) is 19.1. The van der Waals surface area contributed by atoms with Gasteiger partial charge in [-0.05, 0) is 49.1 Å². The molecular weight excluding hydrogens is 406 g/mol. The summed E-state index contributed by atoms with van der Waals surface area (Å²) in [6.45, 7) is 0. The summed E-state index contributed by atoms with van der Waals surface area (Å²) < 4.78 is 25.2. The minimum atomic E-state index is -4.12.